The number of carbonyl (C=O) groups is 2. The standard InChI is InChI=1S/C12H19NO4/c1-8(12(15)16)11(14)13(10-2-3-10)6-9-4-5-17-7-9/h8-10H,2-7H2,1H3,(H,15,16). The zero-order chi connectivity index (χ0) is 12.4. The number of rotatable bonds is 5. The molecule has 1 aliphatic carbocycles. The minimum Gasteiger partial charge on any atom is -0.481 e. The number of nitrogens with zero attached hydrogens (tertiary/aromatic N) is 1. The minimum absolute atomic E-state index is 0.244. The lowest BCUT2D eigenvalue weighted by atomic mass is 10.1. The predicted octanol–water partition coefficient (Wildman–Crippen LogP) is 0.735. The van der Waals surface area contributed by atoms with Crippen LogP contribution in [-0.4, -0.2) is 47.7 Å². The van der Waals surface area contributed by atoms with Crippen molar-refractivity contribution in [2.75, 3.05) is 19.8 Å². The van der Waals surface area contributed by atoms with Gasteiger partial charge in [-0.15, -0.1) is 0 Å². The van der Waals surface area contributed by atoms with E-state index < -0.39 is 11.9 Å². The van der Waals surface area contributed by atoms with E-state index in [-0.39, 0.29) is 11.9 Å². The maximum Gasteiger partial charge on any atom is 0.315 e. The molecule has 96 valence electrons. The van der Waals surface area contributed by atoms with Crippen molar-refractivity contribution in [2.24, 2.45) is 11.8 Å². The van der Waals surface area contributed by atoms with Crippen molar-refractivity contribution in [1.82, 2.24) is 4.90 Å². The largest absolute Gasteiger partial charge is 0.481 e. The van der Waals surface area contributed by atoms with Gasteiger partial charge in [0.2, 0.25) is 5.91 Å². The van der Waals surface area contributed by atoms with Crippen LogP contribution in [0, 0.1) is 11.8 Å². The molecule has 0 aromatic rings. The SMILES string of the molecule is CC(C(=O)O)C(=O)N(CC1CCOC1)C1CC1. The molecule has 1 N–H and O–H groups in total. The number of carboxylic acid groups (broad SMARTS) is 1. The molecule has 0 bridgehead atoms. The first-order valence-corrected chi connectivity index (χ1v) is 6.20. The van der Waals surface area contributed by atoms with Crippen molar-refractivity contribution in [1.29, 1.82) is 0 Å². The summed E-state index contributed by atoms with van der Waals surface area (Å²) in [5.41, 5.74) is 0. The van der Waals surface area contributed by atoms with E-state index in [2.05, 4.69) is 0 Å². The van der Waals surface area contributed by atoms with Crippen LogP contribution in [0.25, 0.3) is 0 Å². The average molecular weight is 241 g/mol. The van der Waals surface area contributed by atoms with E-state index in [0.717, 1.165) is 25.9 Å². The van der Waals surface area contributed by atoms with Gasteiger partial charge in [-0.3, -0.25) is 9.59 Å². The van der Waals surface area contributed by atoms with Crippen molar-refractivity contribution >= 4 is 11.9 Å². The van der Waals surface area contributed by atoms with Crippen molar-refractivity contribution in [3.8, 4) is 0 Å². The Kier molecular flexibility index (Phi) is 3.66. The maximum atomic E-state index is 12.1. The van der Waals surface area contributed by atoms with Crippen molar-refractivity contribution in [3.05, 3.63) is 0 Å². The summed E-state index contributed by atoms with van der Waals surface area (Å²) in [6.07, 6.45) is 2.98. The van der Waals surface area contributed by atoms with Crippen LogP contribution in [0.15, 0.2) is 0 Å². The molecule has 2 fully saturated rings. The van der Waals surface area contributed by atoms with Gasteiger partial charge < -0.3 is 14.7 Å². The number of aliphatic carboxylic acids is 1. The van der Waals surface area contributed by atoms with E-state index in [1.54, 1.807) is 4.90 Å². The van der Waals surface area contributed by atoms with Crippen LogP contribution >= 0.6 is 0 Å². The summed E-state index contributed by atoms with van der Waals surface area (Å²) in [5, 5.41) is 8.89. The van der Waals surface area contributed by atoms with Gasteiger partial charge in [0, 0.05) is 25.1 Å². The Labute approximate surface area is 101 Å². The third-order valence-electron chi connectivity index (χ3n) is 3.49. The van der Waals surface area contributed by atoms with E-state index in [9.17, 15) is 9.59 Å². The molecule has 5 heteroatoms. The lowest BCUT2D eigenvalue weighted by Crippen LogP contribution is -2.42. The van der Waals surface area contributed by atoms with Gasteiger partial charge in [-0.2, -0.15) is 0 Å². The summed E-state index contributed by atoms with van der Waals surface area (Å²) in [6.45, 7) is 3.57. The average Bonchev–Trinajstić information content (AvgIpc) is 3.01. The number of hydrogen-bond acceptors (Lipinski definition) is 3. The van der Waals surface area contributed by atoms with Crippen LogP contribution in [0.4, 0.5) is 0 Å². The van der Waals surface area contributed by atoms with E-state index in [0.29, 0.717) is 19.1 Å². The third-order valence-corrected chi connectivity index (χ3v) is 3.49. The fourth-order valence-corrected chi connectivity index (χ4v) is 2.17. The normalized spacial score (nSPS) is 25.6. The molecule has 5 nitrogen and oxygen atoms in total. The van der Waals surface area contributed by atoms with Gasteiger partial charge in [-0.05, 0) is 26.2 Å². The number of carboxylic acids is 1. The minimum atomic E-state index is -1.04. The van der Waals surface area contributed by atoms with Crippen LogP contribution < -0.4 is 0 Å². The fourth-order valence-electron chi connectivity index (χ4n) is 2.17. The number of carbonyl (C=O) groups excluding carboxylic acids is 1. The van der Waals surface area contributed by atoms with Crippen LogP contribution in [0.5, 0.6) is 0 Å². The smallest absolute Gasteiger partial charge is 0.315 e. The summed E-state index contributed by atoms with van der Waals surface area (Å²) in [4.78, 5) is 24.7. The lowest BCUT2D eigenvalue weighted by molar-refractivity contribution is -0.150. The Hall–Kier alpha value is -1.10. The topological polar surface area (TPSA) is 66.8 Å². The van der Waals surface area contributed by atoms with Gasteiger partial charge in [-0.1, -0.05) is 0 Å². The van der Waals surface area contributed by atoms with Crippen LogP contribution in [0.1, 0.15) is 26.2 Å². The van der Waals surface area contributed by atoms with Crippen LogP contribution in [-0.2, 0) is 14.3 Å². The molecule has 1 aliphatic heterocycles. The Morgan fingerprint density at radius 2 is 2.12 bits per heavy atom. The molecule has 0 spiro atoms. The van der Waals surface area contributed by atoms with Gasteiger partial charge in [-0.25, -0.2) is 0 Å². The third kappa shape index (κ3) is 2.97. The van der Waals surface area contributed by atoms with Gasteiger partial charge in [0.25, 0.3) is 0 Å². The van der Waals surface area contributed by atoms with Gasteiger partial charge in [0.05, 0.1) is 6.61 Å². The molecule has 1 saturated carbocycles. The number of hydrogen-bond donors (Lipinski definition) is 1. The highest BCUT2D eigenvalue weighted by atomic mass is 16.5. The summed E-state index contributed by atoms with van der Waals surface area (Å²) >= 11 is 0. The van der Waals surface area contributed by atoms with E-state index in [1.807, 2.05) is 0 Å². The Bertz CT molecular complexity index is 308. The van der Waals surface area contributed by atoms with Gasteiger partial charge in [0.1, 0.15) is 5.92 Å². The molecular weight excluding hydrogens is 222 g/mol. The van der Waals surface area contributed by atoms with Gasteiger partial charge in [0.15, 0.2) is 0 Å². The second-order valence-electron chi connectivity index (χ2n) is 5.01. The second-order valence-corrected chi connectivity index (χ2v) is 5.01. The molecule has 2 rings (SSSR count). The maximum absolute atomic E-state index is 12.1. The van der Waals surface area contributed by atoms with E-state index >= 15 is 0 Å². The second kappa shape index (κ2) is 5.04. The zero-order valence-electron chi connectivity index (χ0n) is 10.1. The molecule has 17 heavy (non-hydrogen) atoms. The Morgan fingerprint density at radius 3 is 2.59 bits per heavy atom. The molecule has 1 heterocycles. The first kappa shape index (κ1) is 12.4. The van der Waals surface area contributed by atoms with Crippen molar-refractivity contribution in [2.45, 2.75) is 32.2 Å². The highest BCUT2D eigenvalue weighted by molar-refractivity contribution is 5.96. The van der Waals surface area contributed by atoms with E-state index in [1.165, 1.54) is 6.92 Å². The zero-order valence-corrected chi connectivity index (χ0v) is 10.1. The molecule has 0 aromatic carbocycles. The van der Waals surface area contributed by atoms with E-state index in [4.69, 9.17) is 9.84 Å². The highest BCUT2D eigenvalue weighted by Crippen LogP contribution is 2.30. The molecular formula is C12H19NO4. The monoisotopic (exact) mass is 241 g/mol. The molecule has 2 aliphatic rings. The molecule has 1 amide bonds. The van der Waals surface area contributed by atoms with Crippen LogP contribution in [0.3, 0.4) is 0 Å². The van der Waals surface area contributed by atoms with Crippen molar-refractivity contribution in [3.63, 3.8) is 0 Å². The summed E-state index contributed by atoms with van der Waals surface area (Å²) in [5.74, 6) is -1.84. The molecule has 1 saturated heterocycles. The van der Waals surface area contributed by atoms with Crippen molar-refractivity contribution < 1.29 is 19.4 Å². The number of amides is 1. The number of ether oxygens (including phenoxy) is 1. The highest BCUT2D eigenvalue weighted by Gasteiger charge is 2.38. The molecule has 0 aromatic heterocycles. The van der Waals surface area contributed by atoms with Gasteiger partial charge >= 0.3 is 5.97 Å². The molecule has 0 radical (unpaired) electrons. The van der Waals surface area contributed by atoms with Crippen LogP contribution in [0.2, 0.25) is 0 Å². The summed E-state index contributed by atoms with van der Waals surface area (Å²) in [6, 6.07) is 0.268. The Morgan fingerprint density at radius 1 is 1.41 bits per heavy atom. The quantitative estimate of drug-likeness (QED) is 0.721. The fraction of sp³-hybridized carbons (Fsp3) is 0.833. The first-order chi connectivity index (χ1) is 8.09. The first-order valence-electron chi connectivity index (χ1n) is 6.20. The molecule has 2 unspecified atom stereocenters. The predicted molar refractivity (Wildman–Crippen MR) is 60.5 cm³/mol. The molecule has 2 atom stereocenters. The Balaban J connectivity index is 1.96. The lowest BCUT2D eigenvalue weighted by Gasteiger charge is -2.26. The summed E-state index contributed by atoms with van der Waals surface area (Å²) < 4.78 is 5.29. The summed E-state index contributed by atoms with van der Waals surface area (Å²) in [7, 11) is 0.